The standard InChI is InChI=1S/C11H15N3O3S/c15-11(9-3-4-10(18-9)14(16)17)13-7-5-8-2-1-6-12-8/h3-4,8,12H,1-2,5-7H2,(H,13,15). The Morgan fingerprint density at radius 1 is 1.61 bits per heavy atom. The van der Waals surface area contributed by atoms with Crippen molar-refractivity contribution >= 4 is 22.2 Å². The molecular weight excluding hydrogens is 254 g/mol. The number of amides is 1. The highest BCUT2D eigenvalue weighted by Crippen LogP contribution is 2.23. The van der Waals surface area contributed by atoms with Crippen molar-refractivity contribution in [2.45, 2.75) is 25.3 Å². The zero-order chi connectivity index (χ0) is 13.0. The molecule has 7 heteroatoms. The van der Waals surface area contributed by atoms with Gasteiger partial charge in [0, 0.05) is 18.7 Å². The maximum Gasteiger partial charge on any atom is 0.324 e. The van der Waals surface area contributed by atoms with Gasteiger partial charge in [-0.15, -0.1) is 0 Å². The minimum absolute atomic E-state index is 0.00221. The highest BCUT2D eigenvalue weighted by atomic mass is 32.1. The van der Waals surface area contributed by atoms with Crippen LogP contribution in [-0.4, -0.2) is 30.0 Å². The molecule has 0 bridgehead atoms. The molecule has 1 fully saturated rings. The molecular formula is C11H15N3O3S. The van der Waals surface area contributed by atoms with Crippen LogP contribution in [0.5, 0.6) is 0 Å². The van der Waals surface area contributed by atoms with Gasteiger partial charge in [-0.2, -0.15) is 0 Å². The molecule has 1 amide bonds. The van der Waals surface area contributed by atoms with E-state index in [1.54, 1.807) is 0 Å². The molecule has 2 N–H and O–H groups in total. The maximum absolute atomic E-state index is 11.7. The van der Waals surface area contributed by atoms with Crippen LogP contribution in [0.1, 0.15) is 28.9 Å². The van der Waals surface area contributed by atoms with Crippen molar-refractivity contribution in [3.05, 3.63) is 27.1 Å². The summed E-state index contributed by atoms with van der Waals surface area (Å²) in [6, 6.07) is 3.34. The predicted octanol–water partition coefficient (Wildman–Crippen LogP) is 1.53. The fourth-order valence-electron chi connectivity index (χ4n) is 2.00. The van der Waals surface area contributed by atoms with Gasteiger partial charge in [-0.25, -0.2) is 0 Å². The predicted molar refractivity (Wildman–Crippen MR) is 68.9 cm³/mol. The topological polar surface area (TPSA) is 84.3 Å². The Morgan fingerprint density at radius 2 is 2.44 bits per heavy atom. The van der Waals surface area contributed by atoms with Crippen LogP contribution in [0.15, 0.2) is 12.1 Å². The summed E-state index contributed by atoms with van der Waals surface area (Å²) in [5, 5.41) is 16.6. The summed E-state index contributed by atoms with van der Waals surface area (Å²) in [4.78, 5) is 22.1. The molecule has 1 aromatic rings. The van der Waals surface area contributed by atoms with E-state index in [4.69, 9.17) is 0 Å². The third-order valence-electron chi connectivity index (χ3n) is 2.94. The molecule has 2 rings (SSSR count). The molecule has 1 aromatic heterocycles. The fourth-order valence-corrected chi connectivity index (χ4v) is 2.73. The van der Waals surface area contributed by atoms with Gasteiger partial charge in [0.15, 0.2) is 0 Å². The number of nitro groups is 1. The number of thiophene rings is 1. The second-order valence-corrected chi connectivity index (χ2v) is 5.30. The van der Waals surface area contributed by atoms with E-state index < -0.39 is 4.92 Å². The van der Waals surface area contributed by atoms with Crippen molar-refractivity contribution in [1.29, 1.82) is 0 Å². The summed E-state index contributed by atoms with van der Waals surface area (Å²) < 4.78 is 0. The van der Waals surface area contributed by atoms with Gasteiger partial charge >= 0.3 is 5.00 Å². The number of rotatable bonds is 5. The molecule has 1 saturated heterocycles. The maximum atomic E-state index is 11.7. The zero-order valence-corrected chi connectivity index (χ0v) is 10.7. The van der Waals surface area contributed by atoms with Crippen molar-refractivity contribution in [2.24, 2.45) is 0 Å². The highest BCUT2D eigenvalue weighted by Gasteiger charge is 2.16. The van der Waals surface area contributed by atoms with E-state index in [9.17, 15) is 14.9 Å². The van der Waals surface area contributed by atoms with E-state index in [1.165, 1.54) is 18.6 Å². The highest BCUT2D eigenvalue weighted by molar-refractivity contribution is 7.17. The average Bonchev–Trinajstić information content (AvgIpc) is 2.99. The molecule has 6 nitrogen and oxygen atoms in total. The summed E-state index contributed by atoms with van der Waals surface area (Å²) in [6.45, 7) is 1.65. The summed E-state index contributed by atoms with van der Waals surface area (Å²) in [6.07, 6.45) is 3.25. The Labute approximate surface area is 109 Å². The molecule has 0 spiro atoms. The molecule has 2 heterocycles. The van der Waals surface area contributed by atoms with Crippen molar-refractivity contribution in [1.82, 2.24) is 10.6 Å². The lowest BCUT2D eigenvalue weighted by Crippen LogP contribution is -2.30. The molecule has 18 heavy (non-hydrogen) atoms. The lowest BCUT2D eigenvalue weighted by molar-refractivity contribution is -0.380. The first-order valence-corrected chi connectivity index (χ1v) is 6.74. The number of carbonyl (C=O) groups excluding carboxylic acids is 1. The van der Waals surface area contributed by atoms with Crippen LogP contribution in [0.4, 0.5) is 5.00 Å². The van der Waals surface area contributed by atoms with Gasteiger partial charge in [-0.05, 0) is 31.9 Å². The molecule has 1 aliphatic heterocycles. The van der Waals surface area contributed by atoms with E-state index in [-0.39, 0.29) is 10.9 Å². The van der Waals surface area contributed by atoms with Gasteiger partial charge in [-0.1, -0.05) is 11.3 Å². The van der Waals surface area contributed by atoms with Gasteiger partial charge in [0.1, 0.15) is 0 Å². The van der Waals surface area contributed by atoms with Crippen LogP contribution < -0.4 is 10.6 Å². The van der Waals surface area contributed by atoms with E-state index in [2.05, 4.69) is 10.6 Å². The van der Waals surface area contributed by atoms with Crippen LogP contribution in [0, 0.1) is 10.1 Å². The minimum atomic E-state index is -0.482. The number of hydrogen-bond donors (Lipinski definition) is 2. The van der Waals surface area contributed by atoms with Gasteiger partial charge in [0.2, 0.25) is 0 Å². The van der Waals surface area contributed by atoms with E-state index in [0.29, 0.717) is 17.5 Å². The van der Waals surface area contributed by atoms with E-state index in [1.807, 2.05) is 0 Å². The van der Waals surface area contributed by atoms with Gasteiger partial charge in [-0.3, -0.25) is 14.9 Å². The first-order chi connectivity index (χ1) is 8.66. The molecule has 1 aliphatic rings. The normalized spacial score (nSPS) is 18.8. The molecule has 0 aromatic carbocycles. The van der Waals surface area contributed by atoms with Gasteiger partial charge in [0.05, 0.1) is 9.80 Å². The molecule has 1 unspecified atom stereocenters. The Bertz CT molecular complexity index is 440. The van der Waals surface area contributed by atoms with Crippen LogP contribution in [0.25, 0.3) is 0 Å². The van der Waals surface area contributed by atoms with Crippen LogP contribution in [0.3, 0.4) is 0 Å². The second-order valence-electron chi connectivity index (χ2n) is 4.23. The zero-order valence-electron chi connectivity index (χ0n) is 9.85. The summed E-state index contributed by atoms with van der Waals surface area (Å²) in [5.41, 5.74) is 0. The third kappa shape index (κ3) is 3.27. The first-order valence-electron chi connectivity index (χ1n) is 5.92. The lowest BCUT2D eigenvalue weighted by Gasteiger charge is -2.09. The van der Waals surface area contributed by atoms with Crippen molar-refractivity contribution in [3.63, 3.8) is 0 Å². The Hall–Kier alpha value is -1.47. The number of carbonyl (C=O) groups is 1. The number of nitrogens with one attached hydrogen (secondary N) is 2. The first kappa shape index (κ1) is 13.0. The Balaban J connectivity index is 1.77. The Morgan fingerprint density at radius 3 is 3.06 bits per heavy atom. The molecule has 0 saturated carbocycles. The third-order valence-corrected chi connectivity index (χ3v) is 3.97. The van der Waals surface area contributed by atoms with Crippen molar-refractivity contribution in [3.8, 4) is 0 Å². The molecule has 0 radical (unpaired) electrons. The largest absolute Gasteiger partial charge is 0.351 e. The number of hydrogen-bond acceptors (Lipinski definition) is 5. The van der Waals surface area contributed by atoms with E-state index in [0.717, 1.165) is 30.7 Å². The van der Waals surface area contributed by atoms with Crippen molar-refractivity contribution < 1.29 is 9.72 Å². The summed E-state index contributed by atoms with van der Waals surface area (Å²) in [7, 11) is 0. The Kier molecular flexibility index (Phi) is 4.27. The summed E-state index contributed by atoms with van der Waals surface area (Å²) >= 11 is 0.905. The summed E-state index contributed by atoms with van der Waals surface area (Å²) in [5.74, 6) is -0.230. The molecule has 0 aliphatic carbocycles. The SMILES string of the molecule is O=C(NCCC1CCCN1)c1ccc([N+](=O)[O-])s1. The second kappa shape index (κ2) is 5.92. The minimum Gasteiger partial charge on any atom is -0.351 e. The molecule has 98 valence electrons. The number of nitrogens with zero attached hydrogens (tertiary/aromatic N) is 1. The molecule has 1 atom stereocenters. The quantitative estimate of drug-likeness (QED) is 0.627. The van der Waals surface area contributed by atoms with Crippen LogP contribution in [0.2, 0.25) is 0 Å². The smallest absolute Gasteiger partial charge is 0.324 e. The van der Waals surface area contributed by atoms with Crippen LogP contribution in [-0.2, 0) is 0 Å². The van der Waals surface area contributed by atoms with Crippen molar-refractivity contribution in [2.75, 3.05) is 13.1 Å². The fraction of sp³-hybridized carbons (Fsp3) is 0.545. The van der Waals surface area contributed by atoms with Gasteiger partial charge in [0.25, 0.3) is 5.91 Å². The van der Waals surface area contributed by atoms with Gasteiger partial charge < -0.3 is 10.6 Å². The van der Waals surface area contributed by atoms with E-state index >= 15 is 0 Å². The monoisotopic (exact) mass is 269 g/mol. The van der Waals surface area contributed by atoms with Crippen LogP contribution >= 0.6 is 11.3 Å². The average molecular weight is 269 g/mol. The lowest BCUT2D eigenvalue weighted by atomic mass is 10.1.